The lowest BCUT2D eigenvalue weighted by atomic mass is 9.93. The van der Waals surface area contributed by atoms with E-state index in [-0.39, 0.29) is 24.1 Å². The topological polar surface area (TPSA) is 56.2 Å². The second kappa shape index (κ2) is 6.78. The highest BCUT2D eigenvalue weighted by molar-refractivity contribution is 5.79. The summed E-state index contributed by atoms with van der Waals surface area (Å²) in [6.07, 6.45) is -0.0783. The van der Waals surface area contributed by atoms with Gasteiger partial charge in [0, 0.05) is 18.3 Å². The maximum atomic E-state index is 12.3. The number of aryl methyl sites for hydroxylation is 1. The summed E-state index contributed by atoms with van der Waals surface area (Å²) in [5.74, 6) is -0.477. The molecule has 0 fully saturated rings. The Kier molecular flexibility index (Phi) is 4.69. The van der Waals surface area contributed by atoms with E-state index in [9.17, 15) is 18.0 Å². The molecule has 8 heteroatoms. The van der Waals surface area contributed by atoms with E-state index in [1.807, 2.05) is 11.7 Å². The highest BCUT2D eigenvalue weighted by atomic mass is 19.4. The van der Waals surface area contributed by atoms with Crippen molar-refractivity contribution in [3.05, 3.63) is 47.3 Å². The molecule has 0 aliphatic heterocycles. The number of aromatic nitrogens is 2. The minimum atomic E-state index is -4.72. The highest BCUT2D eigenvalue weighted by Crippen LogP contribution is 2.29. The van der Waals surface area contributed by atoms with Gasteiger partial charge in [-0.15, -0.1) is 13.2 Å². The number of rotatable bonds is 4. The number of hydrogen-bond donors (Lipinski definition) is 1. The van der Waals surface area contributed by atoms with E-state index in [1.165, 1.54) is 24.3 Å². The molecule has 1 aromatic carbocycles. The zero-order valence-corrected chi connectivity index (χ0v) is 13.6. The first kappa shape index (κ1) is 17.3. The average Bonchev–Trinajstić information content (AvgIpc) is 2.91. The van der Waals surface area contributed by atoms with Gasteiger partial charge in [0.1, 0.15) is 5.75 Å². The summed E-state index contributed by atoms with van der Waals surface area (Å²) in [5.41, 5.74) is 2.79. The van der Waals surface area contributed by atoms with Crippen LogP contribution in [0.3, 0.4) is 0 Å². The third kappa shape index (κ3) is 4.32. The molecule has 0 saturated carbocycles. The van der Waals surface area contributed by atoms with Gasteiger partial charge in [0.25, 0.3) is 0 Å². The van der Waals surface area contributed by atoms with Crippen molar-refractivity contribution in [2.24, 2.45) is 7.05 Å². The van der Waals surface area contributed by atoms with Gasteiger partial charge in [0.15, 0.2) is 0 Å². The van der Waals surface area contributed by atoms with Crippen LogP contribution in [0.15, 0.2) is 30.5 Å². The third-order valence-electron chi connectivity index (χ3n) is 4.23. The Labute approximate surface area is 142 Å². The van der Waals surface area contributed by atoms with Gasteiger partial charge >= 0.3 is 6.36 Å². The molecule has 134 valence electrons. The summed E-state index contributed by atoms with van der Waals surface area (Å²) in [6.45, 7) is 0. The van der Waals surface area contributed by atoms with Crippen LogP contribution in [-0.2, 0) is 24.7 Å². The number of halogens is 3. The summed E-state index contributed by atoms with van der Waals surface area (Å²) in [6, 6.07) is 5.25. The number of alkyl halides is 3. The molecule has 1 aliphatic rings. The minimum absolute atomic E-state index is 0.0715. The predicted octanol–water partition coefficient (Wildman–Crippen LogP) is 3.06. The first-order valence-corrected chi connectivity index (χ1v) is 7.96. The number of carbonyl (C=O) groups is 1. The summed E-state index contributed by atoms with van der Waals surface area (Å²) in [7, 11) is 1.88. The van der Waals surface area contributed by atoms with Crippen molar-refractivity contribution in [1.82, 2.24) is 15.1 Å². The van der Waals surface area contributed by atoms with Gasteiger partial charge in [-0.05, 0) is 37.0 Å². The summed E-state index contributed by atoms with van der Waals surface area (Å²) >= 11 is 0. The van der Waals surface area contributed by atoms with Crippen molar-refractivity contribution >= 4 is 5.91 Å². The molecular weight excluding hydrogens is 335 g/mol. The van der Waals surface area contributed by atoms with Gasteiger partial charge in [-0.2, -0.15) is 5.10 Å². The number of nitrogens with one attached hydrogen (secondary N) is 1. The first-order valence-electron chi connectivity index (χ1n) is 7.96. The van der Waals surface area contributed by atoms with Crippen LogP contribution >= 0.6 is 0 Å². The van der Waals surface area contributed by atoms with Gasteiger partial charge < -0.3 is 10.1 Å². The molecule has 0 saturated heterocycles. The summed E-state index contributed by atoms with van der Waals surface area (Å²) < 4.78 is 42.1. The van der Waals surface area contributed by atoms with Crippen LogP contribution in [0.1, 0.15) is 35.7 Å². The van der Waals surface area contributed by atoms with Crippen LogP contribution in [0.25, 0.3) is 0 Å². The van der Waals surface area contributed by atoms with Crippen molar-refractivity contribution < 1.29 is 22.7 Å². The monoisotopic (exact) mass is 353 g/mol. The maximum absolute atomic E-state index is 12.3. The zero-order valence-electron chi connectivity index (χ0n) is 13.6. The van der Waals surface area contributed by atoms with Crippen molar-refractivity contribution in [2.75, 3.05) is 0 Å². The molecule has 1 aromatic heterocycles. The Bertz CT molecular complexity index is 753. The van der Waals surface area contributed by atoms with Crippen LogP contribution in [0.2, 0.25) is 0 Å². The second-order valence-corrected chi connectivity index (χ2v) is 6.05. The van der Waals surface area contributed by atoms with Crippen molar-refractivity contribution in [1.29, 1.82) is 0 Å². The number of amides is 1. The van der Waals surface area contributed by atoms with Crippen molar-refractivity contribution in [3.8, 4) is 5.75 Å². The fraction of sp³-hybridized carbons (Fsp3) is 0.412. The fourth-order valence-corrected chi connectivity index (χ4v) is 3.10. The van der Waals surface area contributed by atoms with Gasteiger partial charge in [-0.1, -0.05) is 12.1 Å². The molecule has 0 unspecified atom stereocenters. The van der Waals surface area contributed by atoms with E-state index in [0.717, 1.165) is 30.5 Å². The van der Waals surface area contributed by atoms with Gasteiger partial charge in [0.05, 0.1) is 18.7 Å². The van der Waals surface area contributed by atoms with Crippen molar-refractivity contribution in [3.63, 3.8) is 0 Å². The molecule has 1 N–H and O–H groups in total. The van der Waals surface area contributed by atoms with Gasteiger partial charge in [-0.25, -0.2) is 0 Å². The summed E-state index contributed by atoms with van der Waals surface area (Å²) in [5, 5.41) is 7.22. The zero-order chi connectivity index (χ0) is 18.0. The largest absolute Gasteiger partial charge is 0.573 e. The van der Waals surface area contributed by atoms with E-state index < -0.39 is 6.36 Å². The first-order chi connectivity index (χ1) is 11.8. The van der Waals surface area contributed by atoms with Crippen LogP contribution in [-0.4, -0.2) is 22.1 Å². The van der Waals surface area contributed by atoms with E-state index >= 15 is 0 Å². The Hall–Kier alpha value is -2.51. The lowest BCUT2D eigenvalue weighted by Gasteiger charge is -2.23. The number of benzene rings is 1. The molecule has 1 amide bonds. The van der Waals surface area contributed by atoms with E-state index in [4.69, 9.17) is 0 Å². The molecule has 5 nitrogen and oxygen atoms in total. The highest BCUT2D eigenvalue weighted by Gasteiger charge is 2.31. The van der Waals surface area contributed by atoms with Gasteiger partial charge in [-0.3, -0.25) is 9.48 Å². The lowest BCUT2D eigenvalue weighted by Crippen LogP contribution is -2.32. The Morgan fingerprint density at radius 2 is 2.08 bits per heavy atom. The number of carbonyl (C=O) groups excluding carboxylic acids is 1. The van der Waals surface area contributed by atoms with Crippen molar-refractivity contribution in [2.45, 2.75) is 38.1 Å². The third-order valence-corrected chi connectivity index (χ3v) is 4.23. The van der Waals surface area contributed by atoms with E-state index in [1.54, 1.807) is 6.20 Å². The summed E-state index contributed by atoms with van der Waals surface area (Å²) in [4.78, 5) is 12.3. The van der Waals surface area contributed by atoms with E-state index in [0.29, 0.717) is 5.56 Å². The SMILES string of the molecule is Cn1ncc2c1CCC[C@H]2NC(=O)Cc1ccc(OC(F)(F)F)cc1. The van der Waals surface area contributed by atoms with Crippen LogP contribution < -0.4 is 10.1 Å². The smallest absolute Gasteiger partial charge is 0.406 e. The maximum Gasteiger partial charge on any atom is 0.573 e. The molecule has 25 heavy (non-hydrogen) atoms. The number of nitrogens with zero attached hydrogens (tertiary/aromatic N) is 2. The molecular formula is C17H18F3N3O2. The average molecular weight is 353 g/mol. The Morgan fingerprint density at radius 1 is 1.36 bits per heavy atom. The second-order valence-electron chi connectivity index (χ2n) is 6.05. The number of hydrogen-bond acceptors (Lipinski definition) is 3. The Balaban J connectivity index is 1.60. The molecule has 1 heterocycles. The molecule has 0 bridgehead atoms. The fourth-order valence-electron chi connectivity index (χ4n) is 3.10. The van der Waals surface area contributed by atoms with E-state index in [2.05, 4.69) is 15.2 Å². The molecule has 3 rings (SSSR count). The number of fused-ring (bicyclic) bond motifs is 1. The predicted molar refractivity (Wildman–Crippen MR) is 83.9 cm³/mol. The minimum Gasteiger partial charge on any atom is -0.406 e. The van der Waals surface area contributed by atoms with Gasteiger partial charge in [0.2, 0.25) is 5.91 Å². The van der Waals surface area contributed by atoms with Crippen LogP contribution in [0.5, 0.6) is 5.75 Å². The molecule has 1 atom stereocenters. The molecule has 1 aliphatic carbocycles. The molecule has 0 radical (unpaired) electrons. The van der Waals surface area contributed by atoms with Crippen LogP contribution in [0, 0.1) is 0 Å². The molecule has 0 spiro atoms. The quantitative estimate of drug-likeness (QED) is 0.919. The Morgan fingerprint density at radius 3 is 2.76 bits per heavy atom. The molecule has 2 aromatic rings. The normalized spacial score (nSPS) is 17.0. The van der Waals surface area contributed by atoms with Crippen LogP contribution in [0.4, 0.5) is 13.2 Å². The number of ether oxygens (including phenoxy) is 1. The lowest BCUT2D eigenvalue weighted by molar-refractivity contribution is -0.274. The standard InChI is InChI=1S/C17H18F3N3O2/c1-23-15-4-2-3-14(13(15)10-21-23)22-16(24)9-11-5-7-12(8-6-11)25-17(18,19)20/h5-8,10,14H,2-4,9H2,1H3,(H,22,24)/t14-/m1/s1.